The topological polar surface area (TPSA) is 87.7 Å². The summed E-state index contributed by atoms with van der Waals surface area (Å²) in [7, 11) is 1.53. The number of methoxy groups -OCH3 is 1. The van der Waals surface area contributed by atoms with E-state index in [0.717, 1.165) is 10.5 Å². The highest BCUT2D eigenvalue weighted by molar-refractivity contribution is 6.08. The Labute approximate surface area is 141 Å². The fourth-order valence-electron chi connectivity index (χ4n) is 2.59. The number of nitrogens with zero attached hydrogens (tertiary/aromatic N) is 1. The van der Waals surface area contributed by atoms with E-state index in [-0.39, 0.29) is 18.4 Å². The van der Waals surface area contributed by atoms with Crippen molar-refractivity contribution in [2.75, 3.05) is 26.8 Å². The molecule has 0 saturated carbocycles. The fraction of sp³-hybridized carbons (Fsp3) is 0.471. The zero-order chi connectivity index (χ0) is 17.6. The Hall–Kier alpha value is -2.41. The van der Waals surface area contributed by atoms with Crippen molar-refractivity contribution in [1.82, 2.24) is 15.5 Å². The third kappa shape index (κ3) is 4.32. The number of benzene rings is 1. The van der Waals surface area contributed by atoms with Crippen LogP contribution in [0.3, 0.4) is 0 Å². The monoisotopic (exact) mass is 333 g/mol. The predicted molar refractivity (Wildman–Crippen MR) is 88.3 cm³/mol. The number of hydrogen-bond donors (Lipinski definition) is 2. The number of ether oxygens (including phenoxy) is 1. The molecule has 0 aromatic heterocycles. The summed E-state index contributed by atoms with van der Waals surface area (Å²) >= 11 is 0. The molecular formula is C17H23N3O4. The average Bonchev–Trinajstić information content (AvgIpc) is 2.78. The second-order valence-corrected chi connectivity index (χ2v) is 5.98. The van der Waals surface area contributed by atoms with Crippen LogP contribution in [0.25, 0.3) is 0 Å². The standard InChI is InChI=1S/C17H23N3O4/c1-17(9-8-13-6-4-3-5-7-13)15(22)20(16(23)19-17)12-14(21)18-10-11-24-2/h3-7H,8-12H2,1-2H3,(H,18,21)(H,19,23)/t17-/m1/s1. The number of rotatable bonds is 8. The zero-order valence-corrected chi connectivity index (χ0v) is 14.0. The van der Waals surface area contributed by atoms with E-state index >= 15 is 0 Å². The second-order valence-electron chi connectivity index (χ2n) is 5.98. The van der Waals surface area contributed by atoms with Crippen molar-refractivity contribution in [3.05, 3.63) is 35.9 Å². The maximum absolute atomic E-state index is 12.6. The van der Waals surface area contributed by atoms with Crippen LogP contribution in [0.15, 0.2) is 30.3 Å². The van der Waals surface area contributed by atoms with Crippen molar-refractivity contribution in [2.45, 2.75) is 25.3 Å². The van der Waals surface area contributed by atoms with Gasteiger partial charge in [-0.1, -0.05) is 30.3 Å². The molecule has 0 unspecified atom stereocenters. The third-order valence-electron chi connectivity index (χ3n) is 4.03. The van der Waals surface area contributed by atoms with Gasteiger partial charge in [0.1, 0.15) is 12.1 Å². The molecule has 24 heavy (non-hydrogen) atoms. The highest BCUT2D eigenvalue weighted by Gasteiger charge is 2.47. The second kappa shape index (κ2) is 7.92. The molecule has 1 aliphatic heterocycles. The van der Waals surface area contributed by atoms with Crippen LogP contribution in [0.2, 0.25) is 0 Å². The van der Waals surface area contributed by atoms with Gasteiger partial charge in [-0.3, -0.25) is 14.5 Å². The Bertz CT molecular complexity index is 605. The molecular weight excluding hydrogens is 310 g/mol. The van der Waals surface area contributed by atoms with Gasteiger partial charge in [0.15, 0.2) is 0 Å². The number of aryl methyl sites for hydroxylation is 1. The molecule has 7 heteroatoms. The highest BCUT2D eigenvalue weighted by atomic mass is 16.5. The average molecular weight is 333 g/mol. The smallest absolute Gasteiger partial charge is 0.325 e. The van der Waals surface area contributed by atoms with E-state index in [1.165, 1.54) is 7.11 Å². The van der Waals surface area contributed by atoms with E-state index in [2.05, 4.69) is 10.6 Å². The van der Waals surface area contributed by atoms with Crippen molar-refractivity contribution in [2.24, 2.45) is 0 Å². The first kappa shape index (κ1) is 17.9. The summed E-state index contributed by atoms with van der Waals surface area (Å²) in [5.74, 6) is -0.756. The Morgan fingerprint density at radius 3 is 2.67 bits per heavy atom. The van der Waals surface area contributed by atoms with Crippen molar-refractivity contribution < 1.29 is 19.1 Å². The molecule has 1 aromatic rings. The first-order valence-electron chi connectivity index (χ1n) is 7.90. The molecule has 1 atom stereocenters. The predicted octanol–water partition coefficient (Wildman–Crippen LogP) is 0.692. The molecule has 2 rings (SSSR count). The van der Waals surface area contributed by atoms with Crippen LogP contribution >= 0.6 is 0 Å². The Morgan fingerprint density at radius 2 is 2.00 bits per heavy atom. The summed E-state index contributed by atoms with van der Waals surface area (Å²) in [5.41, 5.74) is 0.108. The lowest BCUT2D eigenvalue weighted by atomic mass is 9.93. The largest absolute Gasteiger partial charge is 0.383 e. The lowest BCUT2D eigenvalue weighted by Crippen LogP contribution is -2.45. The van der Waals surface area contributed by atoms with Crippen LogP contribution in [0.4, 0.5) is 4.79 Å². The number of nitrogens with one attached hydrogen (secondary N) is 2. The number of carbonyl (C=O) groups is 3. The number of carbonyl (C=O) groups excluding carboxylic acids is 3. The minimum Gasteiger partial charge on any atom is -0.383 e. The van der Waals surface area contributed by atoms with Gasteiger partial charge in [-0.2, -0.15) is 0 Å². The van der Waals surface area contributed by atoms with Gasteiger partial charge in [0, 0.05) is 13.7 Å². The SMILES string of the molecule is COCCNC(=O)CN1C(=O)N[C@](C)(CCc2ccccc2)C1=O. The maximum atomic E-state index is 12.6. The molecule has 0 radical (unpaired) electrons. The lowest BCUT2D eigenvalue weighted by molar-refractivity contribution is -0.134. The Balaban J connectivity index is 1.93. The van der Waals surface area contributed by atoms with Gasteiger partial charge in [0.05, 0.1) is 6.61 Å². The van der Waals surface area contributed by atoms with Crippen molar-refractivity contribution in [1.29, 1.82) is 0 Å². The van der Waals surface area contributed by atoms with Crippen molar-refractivity contribution in [3.8, 4) is 0 Å². The zero-order valence-electron chi connectivity index (χ0n) is 14.0. The van der Waals surface area contributed by atoms with Crippen LogP contribution in [0.1, 0.15) is 18.9 Å². The molecule has 1 saturated heterocycles. The molecule has 1 fully saturated rings. The molecule has 1 heterocycles. The highest BCUT2D eigenvalue weighted by Crippen LogP contribution is 2.23. The summed E-state index contributed by atoms with van der Waals surface area (Å²) in [4.78, 5) is 37.4. The molecule has 0 bridgehead atoms. The van der Waals surface area contributed by atoms with E-state index in [0.29, 0.717) is 26.0 Å². The molecule has 7 nitrogen and oxygen atoms in total. The van der Waals surface area contributed by atoms with Gasteiger partial charge in [0.2, 0.25) is 5.91 Å². The summed E-state index contributed by atoms with van der Waals surface area (Å²) in [6, 6.07) is 9.22. The van der Waals surface area contributed by atoms with E-state index in [4.69, 9.17) is 4.74 Å². The van der Waals surface area contributed by atoms with Gasteiger partial charge in [-0.25, -0.2) is 4.79 Å². The van der Waals surface area contributed by atoms with Crippen LogP contribution in [-0.4, -0.2) is 55.1 Å². The number of hydrogen-bond acceptors (Lipinski definition) is 4. The number of urea groups is 1. The molecule has 130 valence electrons. The minimum absolute atomic E-state index is 0.282. The van der Waals surface area contributed by atoms with Crippen molar-refractivity contribution >= 4 is 17.8 Å². The molecule has 4 amide bonds. The molecule has 1 aliphatic rings. The minimum atomic E-state index is -0.986. The quantitative estimate of drug-likeness (QED) is 0.541. The van der Waals surface area contributed by atoms with Crippen molar-refractivity contribution in [3.63, 3.8) is 0 Å². The van der Waals surface area contributed by atoms with E-state index < -0.39 is 11.6 Å². The van der Waals surface area contributed by atoms with E-state index in [9.17, 15) is 14.4 Å². The molecule has 0 aliphatic carbocycles. The van der Waals surface area contributed by atoms with Crippen LogP contribution in [0.5, 0.6) is 0 Å². The lowest BCUT2D eigenvalue weighted by Gasteiger charge is -2.21. The Kier molecular flexibility index (Phi) is 5.92. The van der Waals surface area contributed by atoms with Gasteiger partial charge < -0.3 is 15.4 Å². The molecule has 1 aromatic carbocycles. The van der Waals surface area contributed by atoms with Gasteiger partial charge in [0.25, 0.3) is 5.91 Å². The first-order chi connectivity index (χ1) is 11.5. The fourth-order valence-corrected chi connectivity index (χ4v) is 2.59. The number of imide groups is 1. The summed E-state index contributed by atoms with van der Waals surface area (Å²) in [6.45, 7) is 2.12. The normalized spacial score (nSPS) is 20.2. The third-order valence-corrected chi connectivity index (χ3v) is 4.03. The summed E-state index contributed by atoms with van der Waals surface area (Å²) in [6.07, 6.45) is 1.14. The van der Waals surface area contributed by atoms with Crippen LogP contribution in [-0.2, 0) is 20.7 Å². The first-order valence-corrected chi connectivity index (χ1v) is 7.90. The molecule has 0 spiro atoms. The Morgan fingerprint density at radius 1 is 1.29 bits per heavy atom. The molecule has 2 N–H and O–H groups in total. The van der Waals surface area contributed by atoms with Crippen LogP contribution < -0.4 is 10.6 Å². The van der Waals surface area contributed by atoms with Gasteiger partial charge in [-0.05, 0) is 25.3 Å². The maximum Gasteiger partial charge on any atom is 0.325 e. The van der Waals surface area contributed by atoms with Gasteiger partial charge in [-0.15, -0.1) is 0 Å². The van der Waals surface area contributed by atoms with E-state index in [1.54, 1.807) is 6.92 Å². The van der Waals surface area contributed by atoms with Gasteiger partial charge >= 0.3 is 6.03 Å². The number of amides is 4. The van der Waals surface area contributed by atoms with E-state index in [1.807, 2.05) is 30.3 Å². The summed E-state index contributed by atoms with van der Waals surface area (Å²) < 4.78 is 4.84. The summed E-state index contributed by atoms with van der Waals surface area (Å²) in [5, 5.41) is 5.30. The van der Waals surface area contributed by atoms with Crippen LogP contribution in [0, 0.1) is 0 Å².